The summed E-state index contributed by atoms with van der Waals surface area (Å²) >= 11 is 7.22. The molecule has 8 heteroatoms. The quantitative estimate of drug-likeness (QED) is 0.500. The third-order valence-corrected chi connectivity index (χ3v) is 4.56. The number of ketones is 1. The molecule has 0 radical (unpaired) electrons. The summed E-state index contributed by atoms with van der Waals surface area (Å²) in [6.45, 7) is 1.49. The molecule has 0 aliphatic carbocycles. The minimum atomic E-state index is -0.219. The zero-order valence-corrected chi connectivity index (χ0v) is 15.3. The van der Waals surface area contributed by atoms with Crippen molar-refractivity contribution in [2.45, 2.75) is 12.1 Å². The minimum Gasteiger partial charge on any atom is -0.411 e. The molecule has 0 spiro atoms. The summed E-state index contributed by atoms with van der Waals surface area (Å²) in [5.74, 6) is 0.170. The Hall–Kier alpha value is -2.64. The van der Waals surface area contributed by atoms with Crippen molar-refractivity contribution in [3.05, 3.63) is 59.1 Å². The van der Waals surface area contributed by atoms with Crippen LogP contribution in [0.15, 0.2) is 58.2 Å². The van der Waals surface area contributed by atoms with Crippen LogP contribution >= 0.6 is 23.4 Å². The molecule has 0 bridgehead atoms. The number of amides is 1. The third kappa shape index (κ3) is 4.50. The molecular formula is C18H14ClN3O3S. The van der Waals surface area contributed by atoms with Crippen molar-refractivity contribution in [3.8, 4) is 11.5 Å². The maximum Gasteiger partial charge on any atom is 0.277 e. The highest BCUT2D eigenvalue weighted by Crippen LogP contribution is 2.28. The predicted molar refractivity (Wildman–Crippen MR) is 101 cm³/mol. The van der Waals surface area contributed by atoms with Crippen LogP contribution < -0.4 is 5.32 Å². The Kier molecular flexibility index (Phi) is 5.70. The Labute approximate surface area is 159 Å². The monoisotopic (exact) mass is 387 g/mol. The standard InChI is InChI=1S/C18H14ClN3O3S/c1-11(23)12-6-8-13(9-7-12)20-16(24)10-26-18-22-21-17(25-18)14-4-2-3-5-15(14)19/h2-9H,10H2,1H3,(H,20,24). The van der Waals surface area contributed by atoms with E-state index in [0.29, 0.717) is 27.7 Å². The van der Waals surface area contributed by atoms with E-state index in [9.17, 15) is 9.59 Å². The van der Waals surface area contributed by atoms with Gasteiger partial charge in [0.1, 0.15) is 0 Å². The van der Waals surface area contributed by atoms with Gasteiger partial charge in [0, 0.05) is 11.3 Å². The van der Waals surface area contributed by atoms with Crippen LogP contribution in [0.2, 0.25) is 5.02 Å². The van der Waals surface area contributed by atoms with Gasteiger partial charge in [-0.3, -0.25) is 9.59 Å². The van der Waals surface area contributed by atoms with Crippen LogP contribution in [0.25, 0.3) is 11.5 Å². The minimum absolute atomic E-state index is 0.0239. The highest BCUT2D eigenvalue weighted by Gasteiger charge is 2.13. The lowest BCUT2D eigenvalue weighted by molar-refractivity contribution is -0.113. The summed E-state index contributed by atoms with van der Waals surface area (Å²) in [6, 6.07) is 13.8. The highest BCUT2D eigenvalue weighted by atomic mass is 35.5. The molecule has 1 aromatic heterocycles. The topological polar surface area (TPSA) is 85.1 Å². The SMILES string of the molecule is CC(=O)c1ccc(NC(=O)CSc2nnc(-c3ccccc3Cl)o2)cc1. The van der Waals surface area contributed by atoms with E-state index < -0.39 is 0 Å². The zero-order chi connectivity index (χ0) is 18.5. The number of benzene rings is 2. The number of hydrogen-bond donors (Lipinski definition) is 1. The summed E-state index contributed by atoms with van der Waals surface area (Å²) in [5, 5.41) is 11.4. The molecule has 1 N–H and O–H groups in total. The van der Waals surface area contributed by atoms with Gasteiger partial charge in [-0.2, -0.15) is 0 Å². The molecule has 0 saturated heterocycles. The molecule has 132 valence electrons. The summed E-state index contributed by atoms with van der Waals surface area (Å²) in [6.07, 6.45) is 0. The van der Waals surface area contributed by atoms with Crippen LogP contribution in [-0.2, 0) is 4.79 Å². The van der Waals surface area contributed by atoms with E-state index in [4.69, 9.17) is 16.0 Å². The average molecular weight is 388 g/mol. The molecule has 0 unspecified atom stereocenters. The Bertz CT molecular complexity index is 941. The number of hydrogen-bond acceptors (Lipinski definition) is 6. The summed E-state index contributed by atoms with van der Waals surface area (Å²) in [7, 11) is 0. The maximum atomic E-state index is 12.0. The van der Waals surface area contributed by atoms with Crippen LogP contribution in [0.3, 0.4) is 0 Å². The van der Waals surface area contributed by atoms with Gasteiger partial charge in [-0.15, -0.1) is 10.2 Å². The molecule has 0 aliphatic rings. The van der Waals surface area contributed by atoms with Gasteiger partial charge in [0.2, 0.25) is 11.8 Å². The van der Waals surface area contributed by atoms with E-state index in [-0.39, 0.29) is 22.7 Å². The van der Waals surface area contributed by atoms with Gasteiger partial charge in [0.05, 0.1) is 16.3 Å². The molecule has 0 aliphatic heterocycles. The van der Waals surface area contributed by atoms with Crippen LogP contribution in [-0.4, -0.2) is 27.6 Å². The molecule has 6 nitrogen and oxygen atoms in total. The number of thioether (sulfide) groups is 1. The molecule has 0 fully saturated rings. The summed E-state index contributed by atoms with van der Waals surface area (Å²) in [5.41, 5.74) is 1.85. The number of nitrogens with one attached hydrogen (secondary N) is 1. The number of nitrogens with zero attached hydrogens (tertiary/aromatic N) is 2. The number of carbonyl (C=O) groups is 2. The van der Waals surface area contributed by atoms with Crippen molar-refractivity contribution in [2.24, 2.45) is 0 Å². The van der Waals surface area contributed by atoms with Gasteiger partial charge < -0.3 is 9.73 Å². The first-order chi connectivity index (χ1) is 12.5. The number of rotatable bonds is 6. The van der Waals surface area contributed by atoms with Crippen molar-refractivity contribution in [1.82, 2.24) is 10.2 Å². The number of carbonyl (C=O) groups excluding carboxylic acids is 2. The van der Waals surface area contributed by atoms with E-state index in [1.165, 1.54) is 6.92 Å². The first-order valence-corrected chi connectivity index (χ1v) is 9.01. The molecule has 1 amide bonds. The molecule has 26 heavy (non-hydrogen) atoms. The van der Waals surface area contributed by atoms with E-state index in [1.54, 1.807) is 36.4 Å². The Morgan fingerprint density at radius 2 is 1.85 bits per heavy atom. The lowest BCUT2D eigenvalue weighted by Gasteiger charge is -2.04. The second kappa shape index (κ2) is 8.16. The Morgan fingerprint density at radius 3 is 2.54 bits per heavy atom. The fourth-order valence-electron chi connectivity index (χ4n) is 2.12. The number of anilines is 1. The largest absolute Gasteiger partial charge is 0.411 e. The van der Waals surface area contributed by atoms with E-state index in [2.05, 4.69) is 15.5 Å². The number of Topliss-reactive ketones (excluding diaryl/α,β-unsaturated/α-hetero) is 1. The molecular weight excluding hydrogens is 374 g/mol. The Morgan fingerprint density at radius 1 is 1.12 bits per heavy atom. The normalized spacial score (nSPS) is 10.5. The molecule has 3 rings (SSSR count). The van der Waals surface area contributed by atoms with Gasteiger partial charge in [-0.05, 0) is 43.3 Å². The Balaban J connectivity index is 1.56. The van der Waals surface area contributed by atoms with Crippen molar-refractivity contribution < 1.29 is 14.0 Å². The second-order valence-electron chi connectivity index (χ2n) is 5.32. The van der Waals surface area contributed by atoms with Crippen molar-refractivity contribution in [2.75, 3.05) is 11.1 Å². The third-order valence-electron chi connectivity index (χ3n) is 3.41. The first-order valence-electron chi connectivity index (χ1n) is 7.65. The smallest absolute Gasteiger partial charge is 0.277 e. The maximum absolute atomic E-state index is 12.0. The van der Waals surface area contributed by atoms with Crippen LogP contribution in [0.5, 0.6) is 0 Å². The fraction of sp³-hybridized carbons (Fsp3) is 0.111. The number of aromatic nitrogens is 2. The average Bonchev–Trinajstić information content (AvgIpc) is 3.09. The number of halogens is 1. The molecule has 3 aromatic rings. The summed E-state index contributed by atoms with van der Waals surface area (Å²) in [4.78, 5) is 23.3. The molecule has 0 saturated carbocycles. The van der Waals surface area contributed by atoms with Gasteiger partial charge in [0.15, 0.2) is 5.78 Å². The molecule has 0 atom stereocenters. The zero-order valence-electron chi connectivity index (χ0n) is 13.7. The second-order valence-corrected chi connectivity index (χ2v) is 6.66. The molecule has 2 aromatic carbocycles. The predicted octanol–water partition coefficient (Wildman–Crippen LogP) is 4.32. The highest BCUT2D eigenvalue weighted by molar-refractivity contribution is 7.99. The molecule has 1 heterocycles. The van der Waals surface area contributed by atoms with Gasteiger partial charge in [-0.1, -0.05) is 35.5 Å². The van der Waals surface area contributed by atoms with Crippen molar-refractivity contribution >= 4 is 40.7 Å². The van der Waals surface area contributed by atoms with Gasteiger partial charge in [0.25, 0.3) is 5.22 Å². The summed E-state index contributed by atoms with van der Waals surface area (Å²) < 4.78 is 5.53. The van der Waals surface area contributed by atoms with Gasteiger partial charge >= 0.3 is 0 Å². The van der Waals surface area contributed by atoms with Crippen molar-refractivity contribution in [3.63, 3.8) is 0 Å². The van der Waals surface area contributed by atoms with E-state index in [1.807, 2.05) is 12.1 Å². The van der Waals surface area contributed by atoms with Crippen molar-refractivity contribution in [1.29, 1.82) is 0 Å². The van der Waals surface area contributed by atoms with E-state index in [0.717, 1.165) is 11.8 Å². The first kappa shape index (κ1) is 18.2. The van der Waals surface area contributed by atoms with Crippen LogP contribution in [0.1, 0.15) is 17.3 Å². The lowest BCUT2D eigenvalue weighted by atomic mass is 10.1. The van der Waals surface area contributed by atoms with Gasteiger partial charge in [-0.25, -0.2) is 0 Å². The fourth-order valence-corrected chi connectivity index (χ4v) is 2.90. The van der Waals surface area contributed by atoms with E-state index >= 15 is 0 Å². The lowest BCUT2D eigenvalue weighted by Crippen LogP contribution is -2.14. The van der Waals surface area contributed by atoms with Crippen LogP contribution in [0.4, 0.5) is 5.69 Å². The van der Waals surface area contributed by atoms with Crippen LogP contribution in [0, 0.1) is 0 Å².